The largest absolute Gasteiger partial charge is 0.399 e. The van der Waals surface area contributed by atoms with E-state index in [4.69, 9.17) is 5.73 Å². The number of rotatable bonds is 4. The number of azo groups is 1. The van der Waals surface area contributed by atoms with E-state index in [2.05, 4.69) is 15.5 Å². The first-order chi connectivity index (χ1) is 12.3. The minimum Gasteiger partial charge on any atom is -0.399 e. The molecule has 0 saturated heterocycles. The monoisotopic (exact) mass is 347 g/mol. The van der Waals surface area contributed by atoms with Gasteiger partial charge in [-0.2, -0.15) is 10.5 Å². The topological polar surface area (TPSA) is 131 Å². The van der Waals surface area contributed by atoms with Crippen molar-refractivity contribution >= 4 is 34.3 Å². The number of hydrogen-bond acceptors (Lipinski definition) is 7. The third kappa shape index (κ3) is 4.13. The third-order valence-electron chi connectivity index (χ3n) is 3.44. The second-order valence-electron chi connectivity index (χ2n) is 5.67. The molecule has 26 heavy (non-hydrogen) atoms. The highest BCUT2D eigenvalue weighted by atomic mass is 16.1. The first-order valence-corrected chi connectivity index (χ1v) is 7.60. The van der Waals surface area contributed by atoms with Crippen molar-refractivity contribution in [2.75, 3.05) is 30.0 Å². The van der Waals surface area contributed by atoms with Crippen LogP contribution in [0.2, 0.25) is 0 Å². The molecule has 8 heteroatoms. The van der Waals surface area contributed by atoms with Crippen molar-refractivity contribution in [3.05, 3.63) is 41.5 Å². The molecule has 0 aliphatic carbocycles. The summed E-state index contributed by atoms with van der Waals surface area (Å²) in [4.78, 5) is 13.3. The van der Waals surface area contributed by atoms with Crippen molar-refractivity contribution < 1.29 is 4.79 Å². The van der Waals surface area contributed by atoms with Gasteiger partial charge in [0.2, 0.25) is 5.91 Å². The Labute approximate surface area is 151 Å². The van der Waals surface area contributed by atoms with Gasteiger partial charge in [-0.1, -0.05) is 0 Å². The summed E-state index contributed by atoms with van der Waals surface area (Å²) in [6.07, 6.45) is 0. The van der Waals surface area contributed by atoms with Crippen molar-refractivity contribution in [3.63, 3.8) is 0 Å². The molecule has 0 aliphatic rings. The van der Waals surface area contributed by atoms with Crippen LogP contribution >= 0.6 is 0 Å². The lowest BCUT2D eigenvalue weighted by atomic mass is 10.1. The van der Waals surface area contributed by atoms with Gasteiger partial charge >= 0.3 is 0 Å². The van der Waals surface area contributed by atoms with Crippen LogP contribution in [0.4, 0.5) is 28.4 Å². The lowest BCUT2D eigenvalue weighted by molar-refractivity contribution is -0.114. The zero-order chi connectivity index (χ0) is 19.3. The highest BCUT2D eigenvalue weighted by molar-refractivity contribution is 5.93. The van der Waals surface area contributed by atoms with Gasteiger partial charge in [-0.15, -0.1) is 10.2 Å². The van der Waals surface area contributed by atoms with Crippen molar-refractivity contribution in [2.24, 2.45) is 10.2 Å². The molecule has 0 spiro atoms. The Morgan fingerprint density at radius 1 is 1.12 bits per heavy atom. The van der Waals surface area contributed by atoms with Crippen LogP contribution in [-0.4, -0.2) is 20.0 Å². The van der Waals surface area contributed by atoms with Gasteiger partial charge in [0.15, 0.2) is 0 Å². The number of amides is 1. The Bertz CT molecular complexity index is 929. The zero-order valence-electron chi connectivity index (χ0n) is 14.6. The summed E-state index contributed by atoms with van der Waals surface area (Å²) in [6, 6.07) is 12.0. The summed E-state index contributed by atoms with van der Waals surface area (Å²) in [7, 11) is 3.75. The second kappa shape index (κ2) is 7.77. The molecule has 8 nitrogen and oxygen atoms in total. The molecule has 2 aromatic carbocycles. The average molecular weight is 347 g/mol. The predicted octanol–water partition coefficient (Wildman–Crippen LogP) is 3.45. The Kier molecular flexibility index (Phi) is 5.51. The fraction of sp³-hybridized carbons (Fsp3) is 0.167. The summed E-state index contributed by atoms with van der Waals surface area (Å²) in [5, 5.41) is 29.4. The molecule has 0 aromatic heterocycles. The molecule has 0 fully saturated rings. The SMILES string of the molecule is CC(=O)Nc1cc(N(C)C)ccc1N=Nc1c(C#N)cc(N)cc1C#N. The molecule has 0 heterocycles. The molecule has 0 unspecified atom stereocenters. The number of hydrogen-bond donors (Lipinski definition) is 2. The molecule has 3 N–H and O–H groups in total. The van der Waals surface area contributed by atoms with Crippen LogP contribution in [0.3, 0.4) is 0 Å². The Balaban J connectivity index is 2.53. The molecule has 0 aliphatic heterocycles. The van der Waals surface area contributed by atoms with E-state index in [1.54, 1.807) is 12.1 Å². The average Bonchev–Trinajstić information content (AvgIpc) is 2.59. The summed E-state index contributed by atoms with van der Waals surface area (Å²) >= 11 is 0. The highest BCUT2D eigenvalue weighted by Crippen LogP contribution is 2.33. The minimum atomic E-state index is -0.250. The van der Waals surface area contributed by atoms with E-state index in [1.807, 2.05) is 37.2 Å². The fourth-order valence-corrected chi connectivity index (χ4v) is 2.22. The van der Waals surface area contributed by atoms with Gasteiger partial charge < -0.3 is 16.0 Å². The number of nitrogens with one attached hydrogen (secondary N) is 1. The minimum absolute atomic E-state index is 0.134. The van der Waals surface area contributed by atoms with E-state index in [1.165, 1.54) is 19.1 Å². The number of nitrogens with two attached hydrogens (primary N) is 1. The number of nitriles is 2. The summed E-state index contributed by atoms with van der Waals surface area (Å²) in [5.74, 6) is -0.250. The molecule has 0 saturated carbocycles. The van der Waals surface area contributed by atoms with Crippen LogP contribution in [0.25, 0.3) is 0 Å². The van der Waals surface area contributed by atoms with Gasteiger partial charge in [0.1, 0.15) is 23.5 Å². The summed E-state index contributed by atoms with van der Waals surface area (Å²) < 4.78 is 0. The number of carbonyl (C=O) groups is 1. The van der Waals surface area contributed by atoms with Gasteiger partial charge in [0, 0.05) is 32.4 Å². The third-order valence-corrected chi connectivity index (χ3v) is 3.44. The number of carbonyl (C=O) groups excluding carboxylic acids is 1. The van der Waals surface area contributed by atoms with E-state index in [-0.39, 0.29) is 22.7 Å². The van der Waals surface area contributed by atoms with Crippen molar-refractivity contribution in [3.8, 4) is 12.1 Å². The van der Waals surface area contributed by atoms with Crippen molar-refractivity contribution in [2.45, 2.75) is 6.92 Å². The molecule has 0 atom stereocenters. The maximum Gasteiger partial charge on any atom is 0.221 e. The molecule has 2 aromatic rings. The molecule has 130 valence electrons. The van der Waals surface area contributed by atoms with Crippen LogP contribution in [0, 0.1) is 22.7 Å². The van der Waals surface area contributed by atoms with E-state index in [9.17, 15) is 15.3 Å². The van der Waals surface area contributed by atoms with Gasteiger partial charge in [-0.3, -0.25) is 4.79 Å². The summed E-state index contributed by atoms with van der Waals surface area (Å²) in [5.41, 5.74) is 8.16. The second-order valence-corrected chi connectivity index (χ2v) is 5.67. The van der Waals surface area contributed by atoms with Crippen molar-refractivity contribution in [1.29, 1.82) is 10.5 Å². The predicted molar refractivity (Wildman–Crippen MR) is 99.5 cm³/mol. The first kappa shape index (κ1) is 18.4. The van der Waals surface area contributed by atoms with E-state index < -0.39 is 0 Å². The van der Waals surface area contributed by atoms with E-state index in [0.29, 0.717) is 17.1 Å². The first-order valence-electron chi connectivity index (χ1n) is 7.60. The Morgan fingerprint density at radius 3 is 2.23 bits per heavy atom. The highest BCUT2D eigenvalue weighted by Gasteiger charge is 2.11. The lowest BCUT2D eigenvalue weighted by Gasteiger charge is -2.15. The molecular formula is C18H17N7O. The summed E-state index contributed by atoms with van der Waals surface area (Å²) in [6.45, 7) is 1.39. The van der Waals surface area contributed by atoms with Crippen molar-refractivity contribution in [1.82, 2.24) is 0 Å². The maximum atomic E-state index is 11.5. The van der Waals surface area contributed by atoms with E-state index >= 15 is 0 Å². The fourth-order valence-electron chi connectivity index (χ4n) is 2.22. The number of benzene rings is 2. The maximum absolute atomic E-state index is 11.5. The van der Waals surface area contributed by atoms with E-state index in [0.717, 1.165) is 5.69 Å². The Morgan fingerprint density at radius 2 is 1.73 bits per heavy atom. The van der Waals surface area contributed by atoms with Crippen LogP contribution in [0.1, 0.15) is 18.1 Å². The van der Waals surface area contributed by atoms with Crippen LogP contribution in [0.15, 0.2) is 40.6 Å². The number of nitrogens with zero attached hydrogens (tertiary/aromatic N) is 5. The molecule has 1 amide bonds. The zero-order valence-corrected chi connectivity index (χ0v) is 14.6. The van der Waals surface area contributed by atoms with Gasteiger partial charge in [0.05, 0.1) is 16.8 Å². The standard InChI is InChI=1S/C18H17N7O/c1-11(26)22-17-8-15(25(2)3)4-5-16(17)23-24-18-12(9-19)6-14(21)7-13(18)10-20/h4-8H,21H2,1-3H3,(H,22,26). The molecule has 0 bridgehead atoms. The number of anilines is 3. The normalized spacial score (nSPS) is 10.2. The molecule has 0 radical (unpaired) electrons. The van der Waals surface area contributed by atoms with Gasteiger partial charge in [-0.25, -0.2) is 0 Å². The van der Waals surface area contributed by atoms with Crippen LogP contribution < -0.4 is 16.0 Å². The van der Waals surface area contributed by atoms with Gasteiger partial charge in [-0.05, 0) is 30.3 Å². The Hall–Kier alpha value is -3.91. The van der Waals surface area contributed by atoms with Gasteiger partial charge in [0.25, 0.3) is 0 Å². The number of nitrogen functional groups attached to an aromatic ring is 1. The van der Waals surface area contributed by atoms with Crippen LogP contribution in [0.5, 0.6) is 0 Å². The molecular weight excluding hydrogens is 330 g/mol. The van der Waals surface area contributed by atoms with Crippen LogP contribution in [-0.2, 0) is 4.79 Å². The smallest absolute Gasteiger partial charge is 0.221 e. The molecule has 2 rings (SSSR count). The lowest BCUT2D eigenvalue weighted by Crippen LogP contribution is -2.10. The quantitative estimate of drug-likeness (QED) is 0.646.